The van der Waals surface area contributed by atoms with E-state index in [0.29, 0.717) is 18.5 Å². The van der Waals surface area contributed by atoms with Gasteiger partial charge in [-0.1, -0.05) is 6.07 Å². The summed E-state index contributed by atoms with van der Waals surface area (Å²) in [5, 5.41) is 11.2. The molecule has 0 saturated heterocycles. The number of hydrogen-bond acceptors (Lipinski definition) is 3. The molecule has 0 atom stereocenters. The summed E-state index contributed by atoms with van der Waals surface area (Å²) in [5.74, 6) is -0.841. The van der Waals surface area contributed by atoms with Gasteiger partial charge in [0, 0.05) is 30.2 Å². The lowest BCUT2D eigenvalue weighted by Gasteiger charge is -2.09. The lowest BCUT2D eigenvalue weighted by atomic mass is 10.2. The van der Waals surface area contributed by atoms with Crippen molar-refractivity contribution < 1.29 is 19.4 Å². The van der Waals surface area contributed by atoms with E-state index in [4.69, 9.17) is 9.84 Å². The molecule has 1 aromatic carbocycles. The van der Waals surface area contributed by atoms with E-state index >= 15 is 0 Å². The highest BCUT2D eigenvalue weighted by Gasteiger charge is 2.05. The second-order valence-electron chi connectivity index (χ2n) is 4.75. The van der Waals surface area contributed by atoms with Crippen LogP contribution in [-0.2, 0) is 9.53 Å². The Morgan fingerprint density at radius 1 is 1.14 bits per heavy atom. The number of hydrogen-bond donors (Lipinski definition) is 2. The number of aliphatic carboxylic acids is 1. The summed E-state index contributed by atoms with van der Waals surface area (Å²) in [7, 11) is 0. The molecule has 6 nitrogen and oxygen atoms in total. The van der Waals surface area contributed by atoms with Crippen LogP contribution in [0.25, 0.3) is 5.69 Å². The number of benzene rings is 1. The molecule has 0 bridgehead atoms. The second-order valence-corrected chi connectivity index (χ2v) is 4.75. The van der Waals surface area contributed by atoms with Crippen molar-refractivity contribution in [3.8, 4) is 5.69 Å². The maximum atomic E-state index is 11.7. The molecule has 1 amide bonds. The normalized spacial score (nSPS) is 10.2. The van der Waals surface area contributed by atoms with E-state index in [1.807, 2.05) is 47.3 Å². The van der Waals surface area contributed by atoms with Crippen LogP contribution >= 0.6 is 0 Å². The molecular weight excluding hydrogens is 284 g/mol. The molecule has 2 N–H and O–H groups in total. The summed E-state index contributed by atoms with van der Waals surface area (Å²) in [6, 6.07) is 11.2. The third-order valence-corrected chi connectivity index (χ3v) is 3.01. The van der Waals surface area contributed by atoms with Crippen molar-refractivity contribution in [2.75, 3.05) is 11.9 Å². The predicted molar refractivity (Wildman–Crippen MR) is 82.2 cm³/mol. The first-order valence-corrected chi connectivity index (χ1v) is 7.04. The maximum absolute atomic E-state index is 11.7. The van der Waals surface area contributed by atoms with Gasteiger partial charge in [-0.25, -0.2) is 4.79 Å². The standard InChI is InChI=1S/C16H18N2O4/c19-15(20)8-1-4-11-22-16(21)17-13-6-5-7-14(12-13)18-9-2-3-10-18/h2-3,5-7,9-10,12H,1,4,8,11H2,(H,17,21)(H,19,20). The van der Waals surface area contributed by atoms with Crippen molar-refractivity contribution in [3.63, 3.8) is 0 Å². The van der Waals surface area contributed by atoms with Crippen LogP contribution in [0.15, 0.2) is 48.8 Å². The quantitative estimate of drug-likeness (QED) is 0.769. The summed E-state index contributed by atoms with van der Waals surface area (Å²) in [6.07, 6.45) is 4.40. The van der Waals surface area contributed by atoms with Gasteiger partial charge in [0.1, 0.15) is 0 Å². The zero-order valence-electron chi connectivity index (χ0n) is 12.1. The zero-order chi connectivity index (χ0) is 15.8. The predicted octanol–water partition coefficient (Wildman–Crippen LogP) is 3.28. The second kappa shape index (κ2) is 7.87. The highest BCUT2D eigenvalue weighted by atomic mass is 16.5. The molecule has 0 saturated carbocycles. The Morgan fingerprint density at radius 3 is 2.64 bits per heavy atom. The van der Waals surface area contributed by atoms with Gasteiger partial charge in [0.2, 0.25) is 0 Å². The topological polar surface area (TPSA) is 80.6 Å². The molecule has 1 heterocycles. The molecule has 22 heavy (non-hydrogen) atoms. The van der Waals surface area contributed by atoms with Crippen LogP contribution in [0.3, 0.4) is 0 Å². The molecule has 0 radical (unpaired) electrons. The fourth-order valence-corrected chi connectivity index (χ4v) is 1.95. The maximum Gasteiger partial charge on any atom is 0.411 e. The van der Waals surface area contributed by atoms with Gasteiger partial charge in [0.05, 0.1) is 6.61 Å². The van der Waals surface area contributed by atoms with Crippen LogP contribution in [0.2, 0.25) is 0 Å². The number of carboxylic acid groups (broad SMARTS) is 1. The zero-order valence-corrected chi connectivity index (χ0v) is 12.1. The minimum atomic E-state index is -0.841. The Balaban J connectivity index is 1.79. The smallest absolute Gasteiger partial charge is 0.411 e. The largest absolute Gasteiger partial charge is 0.481 e. The Labute approximate surface area is 128 Å². The third kappa shape index (κ3) is 4.97. The number of carboxylic acids is 1. The van der Waals surface area contributed by atoms with Crippen molar-refractivity contribution in [1.82, 2.24) is 4.57 Å². The average molecular weight is 302 g/mol. The molecule has 0 aliphatic rings. The number of ether oxygens (including phenoxy) is 1. The number of rotatable bonds is 7. The van der Waals surface area contributed by atoms with Crippen LogP contribution in [0.1, 0.15) is 19.3 Å². The van der Waals surface area contributed by atoms with Crippen molar-refractivity contribution in [3.05, 3.63) is 48.8 Å². The Hall–Kier alpha value is -2.76. The van der Waals surface area contributed by atoms with Gasteiger partial charge in [-0.2, -0.15) is 0 Å². The molecule has 6 heteroatoms. The number of aromatic nitrogens is 1. The van der Waals surface area contributed by atoms with Gasteiger partial charge < -0.3 is 14.4 Å². The molecule has 0 fully saturated rings. The summed E-state index contributed by atoms with van der Waals surface area (Å²) in [5.41, 5.74) is 1.57. The monoisotopic (exact) mass is 302 g/mol. The van der Waals surface area contributed by atoms with Crippen molar-refractivity contribution in [2.24, 2.45) is 0 Å². The van der Waals surface area contributed by atoms with Gasteiger partial charge in [0.25, 0.3) is 0 Å². The molecule has 2 aromatic rings. The highest BCUT2D eigenvalue weighted by Crippen LogP contribution is 2.15. The van der Waals surface area contributed by atoms with E-state index in [9.17, 15) is 9.59 Å². The fourth-order valence-electron chi connectivity index (χ4n) is 1.95. The summed E-state index contributed by atoms with van der Waals surface area (Å²) in [6.45, 7) is 0.205. The van der Waals surface area contributed by atoms with Crippen LogP contribution in [0.5, 0.6) is 0 Å². The molecular formula is C16H18N2O4. The average Bonchev–Trinajstić information content (AvgIpc) is 3.01. The molecule has 0 spiro atoms. The molecule has 0 unspecified atom stereocenters. The minimum absolute atomic E-state index is 0.0872. The van der Waals surface area contributed by atoms with E-state index in [1.165, 1.54) is 0 Å². The van der Waals surface area contributed by atoms with Crippen LogP contribution < -0.4 is 5.32 Å². The minimum Gasteiger partial charge on any atom is -0.481 e. The van der Waals surface area contributed by atoms with Crippen molar-refractivity contribution in [2.45, 2.75) is 19.3 Å². The Bertz CT molecular complexity index is 623. The molecule has 116 valence electrons. The Morgan fingerprint density at radius 2 is 1.91 bits per heavy atom. The number of anilines is 1. The number of nitrogens with one attached hydrogen (secondary N) is 1. The third-order valence-electron chi connectivity index (χ3n) is 3.01. The van der Waals surface area contributed by atoms with E-state index < -0.39 is 12.1 Å². The van der Waals surface area contributed by atoms with Crippen molar-refractivity contribution >= 4 is 17.7 Å². The lowest BCUT2D eigenvalue weighted by Crippen LogP contribution is -2.14. The first-order valence-electron chi connectivity index (χ1n) is 7.04. The molecule has 0 aliphatic carbocycles. The van der Waals surface area contributed by atoms with Gasteiger partial charge in [-0.15, -0.1) is 0 Å². The number of amides is 1. The van der Waals surface area contributed by atoms with E-state index in [-0.39, 0.29) is 13.0 Å². The van der Waals surface area contributed by atoms with E-state index in [1.54, 1.807) is 6.07 Å². The van der Waals surface area contributed by atoms with Gasteiger partial charge >= 0.3 is 12.1 Å². The van der Waals surface area contributed by atoms with Gasteiger partial charge in [-0.3, -0.25) is 10.1 Å². The van der Waals surface area contributed by atoms with Crippen LogP contribution in [-0.4, -0.2) is 28.3 Å². The van der Waals surface area contributed by atoms with Crippen LogP contribution in [0, 0.1) is 0 Å². The summed E-state index contributed by atoms with van der Waals surface area (Å²) in [4.78, 5) is 22.0. The molecule has 0 aliphatic heterocycles. The van der Waals surface area contributed by atoms with Gasteiger partial charge in [0.15, 0.2) is 0 Å². The number of nitrogens with zero attached hydrogens (tertiary/aromatic N) is 1. The fraction of sp³-hybridized carbons (Fsp3) is 0.250. The van der Waals surface area contributed by atoms with E-state index in [0.717, 1.165) is 5.69 Å². The summed E-state index contributed by atoms with van der Waals surface area (Å²) >= 11 is 0. The number of unbranched alkanes of at least 4 members (excludes halogenated alkanes) is 1. The molecule has 1 aromatic heterocycles. The first-order chi connectivity index (χ1) is 10.6. The number of carbonyl (C=O) groups is 2. The molecule has 2 rings (SSSR count). The summed E-state index contributed by atoms with van der Waals surface area (Å²) < 4.78 is 6.94. The van der Waals surface area contributed by atoms with E-state index in [2.05, 4.69) is 5.32 Å². The SMILES string of the molecule is O=C(O)CCCCOC(=O)Nc1cccc(-n2cccc2)c1. The Kier molecular flexibility index (Phi) is 5.59. The lowest BCUT2D eigenvalue weighted by molar-refractivity contribution is -0.137. The van der Waals surface area contributed by atoms with Gasteiger partial charge in [-0.05, 0) is 43.2 Å². The van der Waals surface area contributed by atoms with Crippen molar-refractivity contribution in [1.29, 1.82) is 0 Å². The number of carbonyl (C=O) groups excluding carboxylic acids is 1. The van der Waals surface area contributed by atoms with Crippen LogP contribution in [0.4, 0.5) is 10.5 Å². The first kappa shape index (κ1) is 15.6. The highest BCUT2D eigenvalue weighted by molar-refractivity contribution is 5.85.